The van der Waals surface area contributed by atoms with Gasteiger partial charge in [-0.1, -0.05) is 6.07 Å². The smallest absolute Gasteiger partial charge is 0.323 e. The molecule has 3 atom stereocenters. The van der Waals surface area contributed by atoms with Crippen molar-refractivity contribution in [2.24, 2.45) is 13.0 Å². The van der Waals surface area contributed by atoms with E-state index in [0.717, 1.165) is 54.0 Å². The summed E-state index contributed by atoms with van der Waals surface area (Å²) in [4.78, 5) is 28.7. The van der Waals surface area contributed by atoms with Crippen LogP contribution in [-0.2, 0) is 23.1 Å². The Balaban J connectivity index is 1.77. The van der Waals surface area contributed by atoms with E-state index in [9.17, 15) is 19.8 Å². The summed E-state index contributed by atoms with van der Waals surface area (Å²) in [6.07, 6.45) is 2.76. The van der Waals surface area contributed by atoms with Gasteiger partial charge in [0, 0.05) is 50.2 Å². The Kier molecular flexibility index (Phi) is 7.39. The van der Waals surface area contributed by atoms with Crippen LogP contribution >= 0.6 is 0 Å². The zero-order chi connectivity index (χ0) is 25.3. The Labute approximate surface area is 204 Å². The average molecular weight is 483 g/mol. The molecule has 9 heteroatoms. The Morgan fingerprint density at radius 2 is 1.97 bits per heavy atom. The van der Waals surface area contributed by atoms with E-state index < -0.39 is 18.1 Å². The summed E-state index contributed by atoms with van der Waals surface area (Å²) in [5.74, 6) is 0.149. The molecule has 0 radical (unpaired) electrons. The number of hydrogen-bond acceptors (Lipinski definition) is 6. The molecule has 0 bridgehead atoms. The topological polar surface area (TPSA) is 119 Å². The Bertz CT molecular complexity index is 1250. The normalized spacial score (nSPS) is 17.4. The monoisotopic (exact) mass is 482 g/mol. The molecule has 1 fully saturated rings. The molecule has 1 aliphatic heterocycles. The second-order valence-corrected chi connectivity index (χ2v) is 9.58. The lowest BCUT2D eigenvalue weighted by Gasteiger charge is -2.30. The number of aliphatic hydroxyl groups is 1. The first-order valence-electron chi connectivity index (χ1n) is 12.1. The SMILES string of the molecule is Cc1cc(-c2nc3cc(CN[C@H](C(=O)O)[C@@H](C)O)ccc3n2[C@H](C)C2CCOCC2)cn(C)c1=O. The molecule has 0 spiro atoms. The van der Waals surface area contributed by atoms with Crippen LogP contribution in [0.1, 0.15) is 43.9 Å². The largest absolute Gasteiger partial charge is 0.480 e. The maximum atomic E-state index is 12.3. The second kappa shape index (κ2) is 10.3. The fraction of sp³-hybridized carbons (Fsp3) is 0.500. The highest BCUT2D eigenvalue weighted by molar-refractivity contribution is 5.81. The van der Waals surface area contributed by atoms with Crippen molar-refractivity contribution < 1.29 is 19.7 Å². The van der Waals surface area contributed by atoms with E-state index in [1.54, 1.807) is 11.6 Å². The van der Waals surface area contributed by atoms with Crippen LogP contribution in [0.3, 0.4) is 0 Å². The van der Waals surface area contributed by atoms with Crippen LogP contribution in [0, 0.1) is 12.8 Å². The van der Waals surface area contributed by atoms with Crippen molar-refractivity contribution in [3.05, 3.63) is 51.9 Å². The standard InChI is InChI=1S/C26H34N4O5/c1-15-11-20(14-29(4)25(15)32)24-28-21-12-18(13-27-23(17(3)31)26(33)34)5-6-22(21)30(24)16(2)19-7-9-35-10-8-19/h5-6,11-12,14,16-17,19,23,27,31H,7-10,13H2,1-4H3,(H,33,34)/t16-,17-,23+/m1/s1. The number of aliphatic carboxylic acids is 1. The minimum Gasteiger partial charge on any atom is -0.480 e. The number of hydrogen-bond donors (Lipinski definition) is 3. The quantitative estimate of drug-likeness (QED) is 0.452. The summed E-state index contributed by atoms with van der Waals surface area (Å²) in [5, 5.41) is 22.0. The van der Waals surface area contributed by atoms with Crippen molar-refractivity contribution in [3.8, 4) is 11.4 Å². The molecule has 0 saturated carbocycles. The number of carboxylic acids is 1. The summed E-state index contributed by atoms with van der Waals surface area (Å²) in [7, 11) is 1.75. The van der Waals surface area contributed by atoms with Crippen LogP contribution in [0.15, 0.2) is 35.3 Å². The summed E-state index contributed by atoms with van der Waals surface area (Å²) >= 11 is 0. The highest BCUT2D eigenvalue weighted by atomic mass is 16.5. The van der Waals surface area contributed by atoms with Gasteiger partial charge in [0.1, 0.15) is 11.9 Å². The number of carboxylic acid groups (broad SMARTS) is 1. The first-order valence-corrected chi connectivity index (χ1v) is 12.1. The maximum absolute atomic E-state index is 12.3. The number of imidazole rings is 1. The van der Waals surface area contributed by atoms with Gasteiger partial charge in [-0.25, -0.2) is 4.98 Å². The molecule has 4 rings (SSSR count). The molecule has 1 aliphatic rings. The molecule has 1 aromatic carbocycles. The number of benzene rings is 1. The van der Waals surface area contributed by atoms with Crippen molar-refractivity contribution in [3.63, 3.8) is 0 Å². The third kappa shape index (κ3) is 5.17. The predicted molar refractivity (Wildman–Crippen MR) is 133 cm³/mol. The van der Waals surface area contributed by atoms with Crippen LogP contribution in [0.2, 0.25) is 0 Å². The highest BCUT2D eigenvalue weighted by Crippen LogP contribution is 2.35. The van der Waals surface area contributed by atoms with Crippen LogP contribution < -0.4 is 10.9 Å². The molecule has 188 valence electrons. The molecule has 3 aromatic rings. The summed E-state index contributed by atoms with van der Waals surface area (Å²) < 4.78 is 9.43. The van der Waals surface area contributed by atoms with E-state index >= 15 is 0 Å². The lowest BCUT2D eigenvalue weighted by Crippen LogP contribution is -2.44. The minimum absolute atomic E-state index is 0.0339. The summed E-state index contributed by atoms with van der Waals surface area (Å²) in [5.41, 5.74) is 4.15. The lowest BCUT2D eigenvalue weighted by atomic mass is 9.92. The van der Waals surface area contributed by atoms with E-state index in [4.69, 9.17) is 9.72 Å². The number of carbonyl (C=O) groups is 1. The van der Waals surface area contributed by atoms with Gasteiger partial charge in [-0.2, -0.15) is 0 Å². The van der Waals surface area contributed by atoms with Crippen molar-refractivity contribution in [2.75, 3.05) is 13.2 Å². The number of aliphatic hydroxyl groups excluding tert-OH is 1. The first kappa shape index (κ1) is 25.1. The van der Waals surface area contributed by atoms with Crippen LogP contribution in [0.25, 0.3) is 22.4 Å². The van der Waals surface area contributed by atoms with E-state index in [-0.39, 0.29) is 18.1 Å². The Hall–Kier alpha value is -3.01. The van der Waals surface area contributed by atoms with Crippen molar-refractivity contribution in [1.82, 2.24) is 19.4 Å². The molecule has 3 N–H and O–H groups in total. The molecule has 2 aromatic heterocycles. The summed E-state index contributed by atoms with van der Waals surface area (Å²) in [6, 6.07) is 6.94. The fourth-order valence-corrected chi connectivity index (χ4v) is 4.97. The van der Waals surface area contributed by atoms with Crippen LogP contribution in [0.4, 0.5) is 0 Å². The molecule has 3 heterocycles. The third-order valence-electron chi connectivity index (χ3n) is 7.00. The number of aromatic nitrogens is 3. The van der Waals surface area contributed by atoms with Crippen molar-refractivity contribution in [2.45, 2.75) is 58.3 Å². The van der Waals surface area contributed by atoms with Crippen molar-refractivity contribution >= 4 is 17.0 Å². The highest BCUT2D eigenvalue weighted by Gasteiger charge is 2.27. The Morgan fingerprint density at radius 3 is 2.60 bits per heavy atom. The molecule has 35 heavy (non-hydrogen) atoms. The van der Waals surface area contributed by atoms with Gasteiger partial charge in [0.05, 0.1) is 17.1 Å². The predicted octanol–water partition coefficient (Wildman–Crippen LogP) is 2.62. The first-order chi connectivity index (χ1) is 16.7. The molecular weight excluding hydrogens is 448 g/mol. The lowest BCUT2D eigenvalue weighted by molar-refractivity contribution is -0.142. The number of fused-ring (bicyclic) bond motifs is 1. The van der Waals surface area contributed by atoms with Gasteiger partial charge in [-0.15, -0.1) is 0 Å². The number of ether oxygens (including phenoxy) is 1. The van der Waals surface area contributed by atoms with Gasteiger partial charge in [-0.05, 0) is 63.3 Å². The molecular formula is C26H34N4O5. The van der Waals surface area contributed by atoms with E-state index in [1.807, 2.05) is 37.4 Å². The number of rotatable bonds is 8. The molecule has 9 nitrogen and oxygen atoms in total. The zero-order valence-electron chi connectivity index (χ0n) is 20.7. The van der Waals surface area contributed by atoms with E-state index in [0.29, 0.717) is 11.5 Å². The van der Waals surface area contributed by atoms with E-state index in [1.165, 1.54) is 6.92 Å². The van der Waals surface area contributed by atoms with Gasteiger partial charge < -0.3 is 24.1 Å². The second-order valence-electron chi connectivity index (χ2n) is 9.58. The van der Waals surface area contributed by atoms with Crippen LogP contribution in [-0.4, -0.2) is 55.7 Å². The number of aryl methyl sites for hydroxylation is 2. The summed E-state index contributed by atoms with van der Waals surface area (Å²) in [6.45, 7) is 7.26. The van der Waals surface area contributed by atoms with Crippen molar-refractivity contribution in [1.29, 1.82) is 0 Å². The number of nitrogens with one attached hydrogen (secondary N) is 1. The van der Waals surface area contributed by atoms with Gasteiger partial charge in [-0.3, -0.25) is 14.9 Å². The maximum Gasteiger partial charge on any atom is 0.323 e. The number of pyridine rings is 1. The molecule has 1 saturated heterocycles. The minimum atomic E-state index is -1.09. The van der Waals surface area contributed by atoms with E-state index in [2.05, 4.69) is 16.8 Å². The van der Waals surface area contributed by atoms with Gasteiger partial charge in [0.25, 0.3) is 5.56 Å². The third-order valence-corrected chi connectivity index (χ3v) is 7.00. The molecule has 0 amide bonds. The zero-order valence-corrected chi connectivity index (χ0v) is 20.7. The average Bonchev–Trinajstić information content (AvgIpc) is 3.20. The fourth-order valence-electron chi connectivity index (χ4n) is 4.97. The Morgan fingerprint density at radius 1 is 1.26 bits per heavy atom. The number of nitrogens with zero attached hydrogens (tertiary/aromatic N) is 3. The van der Waals surface area contributed by atoms with Crippen LogP contribution in [0.5, 0.6) is 0 Å². The molecule has 0 aliphatic carbocycles. The van der Waals surface area contributed by atoms with Gasteiger partial charge in [0.2, 0.25) is 0 Å². The molecule has 0 unspecified atom stereocenters. The van der Waals surface area contributed by atoms with Gasteiger partial charge in [0.15, 0.2) is 0 Å². The van der Waals surface area contributed by atoms with Gasteiger partial charge >= 0.3 is 5.97 Å².